The molecule has 21 heavy (non-hydrogen) atoms. The van der Waals surface area contributed by atoms with Crippen molar-refractivity contribution in [2.24, 2.45) is 0 Å². The maximum Gasteiger partial charge on any atom is 0.128 e. The van der Waals surface area contributed by atoms with Gasteiger partial charge in [0.25, 0.3) is 0 Å². The fourth-order valence-corrected chi connectivity index (χ4v) is 2.72. The molecule has 1 fully saturated rings. The zero-order valence-electron chi connectivity index (χ0n) is 12.5. The van der Waals surface area contributed by atoms with E-state index in [0.717, 1.165) is 50.1 Å². The molecule has 0 aliphatic carbocycles. The van der Waals surface area contributed by atoms with Crippen LogP contribution in [0, 0.1) is 12.7 Å². The summed E-state index contributed by atoms with van der Waals surface area (Å²) in [5.74, 6) is -0.0850. The summed E-state index contributed by atoms with van der Waals surface area (Å²) in [6.45, 7) is 9.74. The Kier molecular flexibility index (Phi) is 9.88. The van der Waals surface area contributed by atoms with Crippen LogP contribution in [0.1, 0.15) is 30.0 Å². The molecule has 5 heteroatoms. The van der Waals surface area contributed by atoms with Gasteiger partial charge in [-0.3, -0.25) is 4.90 Å². The van der Waals surface area contributed by atoms with Crippen molar-refractivity contribution in [3.8, 4) is 0 Å². The first kappa shape index (κ1) is 20.4. The van der Waals surface area contributed by atoms with E-state index in [1.165, 1.54) is 0 Å². The average molecular weight is 335 g/mol. The third-order valence-corrected chi connectivity index (χ3v) is 3.75. The van der Waals surface area contributed by atoms with Gasteiger partial charge < -0.3 is 5.32 Å². The van der Waals surface area contributed by atoms with Crippen LogP contribution in [0.15, 0.2) is 30.9 Å². The number of hydrogen-bond donors (Lipinski definition) is 1. The van der Waals surface area contributed by atoms with Crippen LogP contribution >= 0.6 is 24.8 Å². The van der Waals surface area contributed by atoms with Gasteiger partial charge in [-0.25, -0.2) is 4.39 Å². The van der Waals surface area contributed by atoms with Crippen molar-refractivity contribution in [1.82, 2.24) is 10.2 Å². The van der Waals surface area contributed by atoms with Gasteiger partial charge in [-0.2, -0.15) is 0 Å². The molecule has 1 aromatic carbocycles. The number of hydrogen-bond acceptors (Lipinski definition) is 2. The Labute approximate surface area is 139 Å². The highest BCUT2D eigenvalue weighted by molar-refractivity contribution is 5.85. The van der Waals surface area contributed by atoms with E-state index in [2.05, 4.69) is 16.8 Å². The topological polar surface area (TPSA) is 15.3 Å². The average Bonchev–Trinajstić information content (AvgIpc) is 2.44. The number of nitrogens with zero attached hydrogens (tertiary/aromatic N) is 1. The summed E-state index contributed by atoms with van der Waals surface area (Å²) in [5.41, 5.74) is 1.96. The lowest BCUT2D eigenvalue weighted by Gasteiger charge is -2.35. The minimum absolute atomic E-state index is 0. The van der Waals surface area contributed by atoms with E-state index in [1.54, 1.807) is 6.07 Å². The molecule has 1 atom stereocenters. The monoisotopic (exact) mass is 334 g/mol. The highest BCUT2D eigenvalue weighted by Gasteiger charge is 2.23. The van der Waals surface area contributed by atoms with Crippen LogP contribution in [0.3, 0.4) is 0 Å². The highest BCUT2D eigenvalue weighted by atomic mass is 35.5. The molecule has 120 valence electrons. The van der Waals surface area contributed by atoms with Gasteiger partial charge in [-0.05, 0) is 25.8 Å². The molecule has 0 spiro atoms. The molecule has 1 aromatic rings. The lowest BCUT2D eigenvalue weighted by molar-refractivity contribution is 0.163. The largest absolute Gasteiger partial charge is 0.314 e. The Balaban J connectivity index is 0.00000200. The molecule has 1 aliphatic rings. The van der Waals surface area contributed by atoms with Crippen LogP contribution in [-0.4, -0.2) is 31.1 Å². The Morgan fingerprint density at radius 2 is 2.00 bits per heavy atom. The van der Waals surface area contributed by atoms with Crippen LogP contribution in [-0.2, 0) is 0 Å². The summed E-state index contributed by atoms with van der Waals surface area (Å²) in [5, 5.41) is 3.35. The van der Waals surface area contributed by atoms with E-state index in [0.29, 0.717) is 0 Å². The Morgan fingerprint density at radius 1 is 1.33 bits per heavy atom. The van der Waals surface area contributed by atoms with Gasteiger partial charge >= 0.3 is 0 Å². The highest BCUT2D eigenvalue weighted by Crippen LogP contribution is 2.29. The summed E-state index contributed by atoms with van der Waals surface area (Å²) in [6, 6.07) is 5.58. The van der Waals surface area contributed by atoms with Crippen LogP contribution < -0.4 is 5.32 Å². The number of nitrogens with one attached hydrogen (secondary N) is 1. The molecular weight excluding hydrogens is 310 g/mol. The summed E-state index contributed by atoms with van der Waals surface area (Å²) >= 11 is 0. The van der Waals surface area contributed by atoms with Crippen molar-refractivity contribution in [2.45, 2.75) is 25.8 Å². The van der Waals surface area contributed by atoms with Gasteiger partial charge in [0.2, 0.25) is 0 Å². The molecule has 1 heterocycles. The van der Waals surface area contributed by atoms with Crippen molar-refractivity contribution in [3.63, 3.8) is 0 Å². The first-order valence-electron chi connectivity index (χ1n) is 7.04. The molecule has 2 rings (SSSR count). The Bertz CT molecular complexity index is 434. The van der Waals surface area contributed by atoms with Crippen molar-refractivity contribution < 1.29 is 4.39 Å². The zero-order chi connectivity index (χ0) is 13.7. The van der Waals surface area contributed by atoms with E-state index < -0.39 is 0 Å². The first-order chi connectivity index (χ1) is 9.22. The summed E-state index contributed by atoms with van der Waals surface area (Å²) < 4.78 is 14.1. The summed E-state index contributed by atoms with van der Waals surface area (Å²) in [7, 11) is 0. The Morgan fingerprint density at radius 3 is 2.62 bits per heavy atom. The predicted octanol–water partition coefficient (Wildman–Crippen LogP) is 3.89. The van der Waals surface area contributed by atoms with E-state index in [-0.39, 0.29) is 36.7 Å². The number of benzene rings is 1. The van der Waals surface area contributed by atoms with Crippen LogP contribution in [0.25, 0.3) is 0 Å². The molecule has 1 saturated heterocycles. The van der Waals surface area contributed by atoms with Gasteiger partial charge in [0.1, 0.15) is 5.82 Å². The van der Waals surface area contributed by atoms with Gasteiger partial charge in [0.05, 0.1) is 0 Å². The molecule has 1 N–H and O–H groups in total. The molecule has 0 bridgehead atoms. The second kappa shape index (κ2) is 10.2. The molecule has 0 unspecified atom stereocenters. The molecule has 2 nitrogen and oxygen atoms in total. The molecule has 0 aromatic heterocycles. The smallest absolute Gasteiger partial charge is 0.128 e. The van der Waals surface area contributed by atoms with Gasteiger partial charge in [-0.15, -0.1) is 31.4 Å². The molecule has 0 radical (unpaired) electrons. The van der Waals surface area contributed by atoms with Crippen LogP contribution in [0.4, 0.5) is 4.39 Å². The maximum atomic E-state index is 14.1. The third-order valence-electron chi connectivity index (χ3n) is 3.75. The second-order valence-electron chi connectivity index (χ2n) is 5.19. The van der Waals surface area contributed by atoms with Crippen molar-refractivity contribution in [1.29, 1.82) is 0 Å². The quantitative estimate of drug-likeness (QED) is 0.822. The number of rotatable bonds is 5. The third kappa shape index (κ3) is 5.59. The molecule has 0 amide bonds. The SMILES string of the molecule is C=CCC[C@@H](c1cc(C)ccc1F)N1CCNCC1.Cl.Cl. The number of allylic oxidation sites excluding steroid dienone is 1. The fourth-order valence-electron chi connectivity index (χ4n) is 2.72. The standard InChI is InChI=1S/C16H23FN2.2ClH/c1-3-4-5-16(19-10-8-18-9-11-19)14-12-13(2)6-7-15(14)17;;/h3,6-7,12,16,18H,1,4-5,8-11H2,2H3;2*1H/t16-;;/m0../s1. The molecule has 0 saturated carbocycles. The lowest BCUT2D eigenvalue weighted by atomic mass is 9.97. The summed E-state index contributed by atoms with van der Waals surface area (Å²) in [6.07, 6.45) is 3.77. The fraction of sp³-hybridized carbons (Fsp3) is 0.500. The van der Waals surface area contributed by atoms with E-state index in [4.69, 9.17) is 0 Å². The van der Waals surface area contributed by atoms with Crippen molar-refractivity contribution >= 4 is 24.8 Å². The first-order valence-corrected chi connectivity index (χ1v) is 7.04. The van der Waals surface area contributed by atoms with Gasteiger partial charge in [0.15, 0.2) is 0 Å². The maximum absolute atomic E-state index is 14.1. The van der Waals surface area contributed by atoms with E-state index >= 15 is 0 Å². The number of piperazine rings is 1. The predicted molar refractivity (Wildman–Crippen MR) is 92.2 cm³/mol. The van der Waals surface area contributed by atoms with Crippen LogP contribution in [0.2, 0.25) is 0 Å². The normalized spacial score (nSPS) is 16.5. The summed E-state index contributed by atoms with van der Waals surface area (Å²) in [4.78, 5) is 2.39. The van der Waals surface area contributed by atoms with Crippen molar-refractivity contribution in [2.75, 3.05) is 26.2 Å². The number of aryl methyl sites for hydroxylation is 1. The van der Waals surface area contributed by atoms with Crippen LogP contribution in [0.5, 0.6) is 0 Å². The van der Waals surface area contributed by atoms with Gasteiger partial charge in [0, 0.05) is 37.8 Å². The molecular formula is C16H25Cl2FN2. The Hall–Kier alpha value is -0.610. The lowest BCUT2D eigenvalue weighted by Crippen LogP contribution is -2.45. The van der Waals surface area contributed by atoms with Gasteiger partial charge in [-0.1, -0.05) is 23.8 Å². The second-order valence-corrected chi connectivity index (χ2v) is 5.19. The van der Waals surface area contributed by atoms with Crippen molar-refractivity contribution in [3.05, 3.63) is 47.8 Å². The minimum atomic E-state index is -0.0850. The number of halogens is 3. The minimum Gasteiger partial charge on any atom is -0.314 e. The van der Waals surface area contributed by atoms with E-state index in [9.17, 15) is 4.39 Å². The molecule has 1 aliphatic heterocycles. The van der Waals surface area contributed by atoms with E-state index in [1.807, 2.05) is 25.1 Å². The zero-order valence-corrected chi connectivity index (χ0v) is 14.1.